The van der Waals surface area contributed by atoms with Crippen molar-refractivity contribution in [2.45, 2.75) is 24.4 Å². The van der Waals surface area contributed by atoms with Gasteiger partial charge in [-0.05, 0) is 18.9 Å². The van der Waals surface area contributed by atoms with Crippen molar-refractivity contribution >= 4 is 5.97 Å². The molecule has 0 amide bonds. The molecule has 1 saturated heterocycles. The summed E-state index contributed by atoms with van der Waals surface area (Å²) in [6, 6.07) is 0.232. The molecule has 2 atom stereocenters. The molecule has 70 valence electrons. The van der Waals surface area contributed by atoms with Gasteiger partial charge in [-0.1, -0.05) is 12.2 Å². The van der Waals surface area contributed by atoms with Gasteiger partial charge in [0.05, 0.1) is 0 Å². The van der Waals surface area contributed by atoms with Gasteiger partial charge < -0.3 is 4.74 Å². The molecule has 0 aromatic rings. The zero-order valence-electron chi connectivity index (χ0n) is 7.45. The standard InChI is InChI=1S/C10H13NO2/c1-2-8-4-6-10(11-8)5-3-7-13-9(10)12/h2-3,5,8,11H,1,4,6-7H2/t8-,10+/m0/s1. The topological polar surface area (TPSA) is 38.3 Å². The lowest BCUT2D eigenvalue weighted by atomic mass is 9.96. The summed E-state index contributed by atoms with van der Waals surface area (Å²) < 4.78 is 4.99. The molecule has 0 aromatic heterocycles. The number of ether oxygens (including phenoxy) is 1. The van der Waals surface area contributed by atoms with Crippen molar-refractivity contribution in [2.24, 2.45) is 0 Å². The number of hydrogen-bond donors (Lipinski definition) is 1. The maximum Gasteiger partial charge on any atom is 0.330 e. The predicted octanol–water partition coefficient (Wildman–Crippen LogP) is 0.776. The van der Waals surface area contributed by atoms with E-state index in [9.17, 15) is 4.79 Å². The lowest BCUT2D eigenvalue weighted by Crippen LogP contribution is -2.50. The fourth-order valence-corrected chi connectivity index (χ4v) is 1.90. The third-order valence-corrected chi connectivity index (χ3v) is 2.65. The minimum absolute atomic E-state index is 0.153. The molecular formula is C10H13NO2. The van der Waals surface area contributed by atoms with E-state index in [0.29, 0.717) is 6.61 Å². The Morgan fingerprint density at radius 3 is 3.23 bits per heavy atom. The molecule has 0 saturated carbocycles. The molecule has 1 spiro atoms. The summed E-state index contributed by atoms with van der Waals surface area (Å²) in [4.78, 5) is 11.5. The first-order valence-electron chi connectivity index (χ1n) is 4.52. The van der Waals surface area contributed by atoms with Crippen LogP contribution in [0.25, 0.3) is 0 Å². The first-order valence-corrected chi connectivity index (χ1v) is 4.52. The molecule has 0 radical (unpaired) electrons. The molecule has 0 aromatic carbocycles. The summed E-state index contributed by atoms with van der Waals surface area (Å²) in [7, 11) is 0. The van der Waals surface area contributed by atoms with Gasteiger partial charge in [-0.25, -0.2) is 4.79 Å². The van der Waals surface area contributed by atoms with Gasteiger partial charge in [0.25, 0.3) is 0 Å². The van der Waals surface area contributed by atoms with Gasteiger partial charge in [0.1, 0.15) is 12.1 Å². The largest absolute Gasteiger partial charge is 0.460 e. The van der Waals surface area contributed by atoms with Crippen LogP contribution in [0, 0.1) is 0 Å². The van der Waals surface area contributed by atoms with Crippen LogP contribution in [0.5, 0.6) is 0 Å². The van der Waals surface area contributed by atoms with Crippen molar-refractivity contribution in [1.29, 1.82) is 0 Å². The van der Waals surface area contributed by atoms with Gasteiger partial charge >= 0.3 is 5.97 Å². The van der Waals surface area contributed by atoms with E-state index in [4.69, 9.17) is 4.74 Å². The van der Waals surface area contributed by atoms with Crippen LogP contribution in [-0.2, 0) is 9.53 Å². The summed E-state index contributed by atoms with van der Waals surface area (Å²) in [5.41, 5.74) is -0.558. The van der Waals surface area contributed by atoms with Crippen molar-refractivity contribution in [3.8, 4) is 0 Å². The number of nitrogens with one attached hydrogen (secondary N) is 1. The smallest absolute Gasteiger partial charge is 0.330 e. The molecule has 0 bridgehead atoms. The molecule has 3 heteroatoms. The van der Waals surface area contributed by atoms with Crippen LogP contribution < -0.4 is 5.32 Å². The second-order valence-corrected chi connectivity index (χ2v) is 3.50. The minimum Gasteiger partial charge on any atom is -0.460 e. The van der Waals surface area contributed by atoms with E-state index >= 15 is 0 Å². The minimum atomic E-state index is -0.558. The zero-order valence-corrected chi connectivity index (χ0v) is 7.45. The maximum atomic E-state index is 11.5. The van der Waals surface area contributed by atoms with E-state index < -0.39 is 5.54 Å². The molecule has 2 heterocycles. The molecule has 2 aliphatic rings. The van der Waals surface area contributed by atoms with Crippen LogP contribution in [0.3, 0.4) is 0 Å². The third-order valence-electron chi connectivity index (χ3n) is 2.65. The highest BCUT2D eigenvalue weighted by molar-refractivity contribution is 5.85. The van der Waals surface area contributed by atoms with Gasteiger partial charge in [0.2, 0.25) is 0 Å². The first kappa shape index (κ1) is 8.51. The van der Waals surface area contributed by atoms with Crippen LogP contribution in [0.15, 0.2) is 24.8 Å². The summed E-state index contributed by atoms with van der Waals surface area (Å²) in [5, 5.41) is 3.23. The lowest BCUT2D eigenvalue weighted by molar-refractivity contribution is -0.148. The zero-order chi connectivity index (χ0) is 9.31. The van der Waals surface area contributed by atoms with Crippen molar-refractivity contribution in [2.75, 3.05) is 6.61 Å². The van der Waals surface area contributed by atoms with Crippen LogP contribution in [0.1, 0.15) is 12.8 Å². The number of carbonyl (C=O) groups excluding carboxylic acids is 1. The summed E-state index contributed by atoms with van der Waals surface area (Å²) in [6.45, 7) is 4.11. The van der Waals surface area contributed by atoms with Crippen LogP contribution in [0.4, 0.5) is 0 Å². The number of rotatable bonds is 1. The van der Waals surface area contributed by atoms with Gasteiger partial charge in [-0.3, -0.25) is 5.32 Å². The lowest BCUT2D eigenvalue weighted by Gasteiger charge is -2.27. The summed E-state index contributed by atoms with van der Waals surface area (Å²) >= 11 is 0. The Balaban J connectivity index is 2.20. The van der Waals surface area contributed by atoms with Crippen LogP contribution in [0.2, 0.25) is 0 Å². The van der Waals surface area contributed by atoms with E-state index in [1.807, 2.05) is 18.2 Å². The quantitative estimate of drug-likeness (QED) is 0.477. The van der Waals surface area contributed by atoms with E-state index in [-0.39, 0.29) is 12.0 Å². The summed E-state index contributed by atoms with van der Waals surface area (Å²) in [6.07, 6.45) is 7.40. The summed E-state index contributed by atoms with van der Waals surface area (Å²) in [5.74, 6) is -0.153. The Morgan fingerprint density at radius 1 is 1.77 bits per heavy atom. The van der Waals surface area contributed by atoms with Crippen LogP contribution in [-0.4, -0.2) is 24.2 Å². The Labute approximate surface area is 77.5 Å². The molecule has 1 N–H and O–H groups in total. The normalized spacial score (nSPS) is 37.8. The SMILES string of the molecule is C=C[C@H]1CC[C@@]2(C=CCOC2=O)N1. The fraction of sp³-hybridized carbons (Fsp3) is 0.500. The van der Waals surface area contributed by atoms with Crippen LogP contribution >= 0.6 is 0 Å². The molecule has 3 nitrogen and oxygen atoms in total. The maximum absolute atomic E-state index is 11.5. The second-order valence-electron chi connectivity index (χ2n) is 3.50. The highest BCUT2D eigenvalue weighted by Gasteiger charge is 2.44. The van der Waals surface area contributed by atoms with Gasteiger partial charge in [0, 0.05) is 6.04 Å². The second kappa shape index (κ2) is 3.00. The van der Waals surface area contributed by atoms with E-state index in [0.717, 1.165) is 12.8 Å². The van der Waals surface area contributed by atoms with E-state index in [2.05, 4.69) is 11.9 Å². The average Bonchev–Trinajstić information content (AvgIpc) is 2.56. The van der Waals surface area contributed by atoms with E-state index in [1.54, 1.807) is 0 Å². The van der Waals surface area contributed by atoms with E-state index in [1.165, 1.54) is 0 Å². The Kier molecular flexibility index (Phi) is 1.96. The number of esters is 1. The molecule has 2 rings (SSSR count). The highest BCUT2D eigenvalue weighted by atomic mass is 16.5. The molecular weight excluding hydrogens is 166 g/mol. The molecule has 13 heavy (non-hydrogen) atoms. The van der Waals surface area contributed by atoms with Crippen molar-refractivity contribution in [3.63, 3.8) is 0 Å². The monoisotopic (exact) mass is 179 g/mol. The van der Waals surface area contributed by atoms with Gasteiger partial charge in [0.15, 0.2) is 0 Å². The fourth-order valence-electron chi connectivity index (χ4n) is 1.90. The number of hydrogen-bond acceptors (Lipinski definition) is 3. The third kappa shape index (κ3) is 1.29. The number of cyclic esters (lactones) is 1. The molecule has 0 aliphatic carbocycles. The molecule has 0 unspecified atom stereocenters. The number of carbonyl (C=O) groups is 1. The highest BCUT2D eigenvalue weighted by Crippen LogP contribution is 2.28. The average molecular weight is 179 g/mol. The Morgan fingerprint density at radius 2 is 2.62 bits per heavy atom. The van der Waals surface area contributed by atoms with Gasteiger partial charge in [-0.2, -0.15) is 0 Å². The van der Waals surface area contributed by atoms with Gasteiger partial charge in [-0.15, -0.1) is 6.58 Å². The Bertz CT molecular complexity index is 272. The predicted molar refractivity (Wildman–Crippen MR) is 49.2 cm³/mol. The molecule has 1 fully saturated rings. The van der Waals surface area contributed by atoms with Crippen molar-refractivity contribution in [3.05, 3.63) is 24.8 Å². The first-order chi connectivity index (χ1) is 6.27. The molecule has 2 aliphatic heterocycles. The Hall–Kier alpha value is -1.09. The van der Waals surface area contributed by atoms with Crippen molar-refractivity contribution < 1.29 is 9.53 Å². The van der Waals surface area contributed by atoms with Crippen molar-refractivity contribution in [1.82, 2.24) is 5.32 Å².